The molecule has 0 bridgehead atoms. The lowest BCUT2D eigenvalue weighted by atomic mass is 9.88. The van der Waals surface area contributed by atoms with E-state index in [1.807, 2.05) is 104 Å². The van der Waals surface area contributed by atoms with Crippen molar-refractivity contribution in [3.8, 4) is 0 Å². The molecule has 2 nitrogen and oxygen atoms in total. The van der Waals surface area contributed by atoms with Gasteiger partial charge in [0, 0.05) is 0 Å². The lowest BCUT2D eigenvalue weighted by molar-refractivity contribution is 0.00615. The first-order valence-electron chi connectivity index (χ1n) is 11.9. The minimum atomic E-state index is -0.906. The fourth-order valence-electron chi connectivity index (χ4n) is 4.29. The van der Waals surface area contributed by atoms with Crippen LogP contribution in [0.3, 0.4) is 0 Å². The number of rotatable bonds is 7. The van der Waals surface area contributed by atoms with Crippen LogP contribution in [0.2, 0.25) is 0 Å². The van der Waals surface area contributed by atoms with Gasteiger partial charge in [-0.2, -0.15) is 0 Å². The fourth-order valence-corrected chi connectivity index (χ4v) is 6.37. The third kappa shape index (κ3) is 4.98. The third-order valence-corrected chi connectivity index (χ3v) is 8.46. The van der Waals surface area contributed by atoms with Crippen molar-refractivity contribution in [1.82, 2.24) is 0 Å². The van der Waals surface area contributed by atoms with Crippen molar-refractivity contribution in [2.45, 2.75) is 27.2 Å². The van der Waals surface area contributed by atoms with Gasteiger partial charge in [0.1, 0.15) is 0 Å². The number of carbonyl (C=O) groups is 1. The van der Waals surface area contributed by atoms with Gasteiger partial charge in [-0.15, -0.1) is 0 Å². The van der Waals surface area contributed by atoms with Gasteiger partial charge in [-0.05, 0) is 66.6 Å². The summed E-state index contributed by atoms with van der Waals surface area (Å²) in [6.07, 6.45) is 0. The second kappa shape index (κ2) is 10.7. The fraction of sp³-hybridized carbons (Fsp3) is 0.0606. The molecule has 0 heterocycles. The molecular formula is C33H27O2S+. The van der Waals surface area contributed by atoms with Crippen LogP contribution in [0, 0.1) is 0 Å². The first-order valence-corrected chi connectivity index (χ1v) is 13.2. The number of benzene rings is 5. The highest BCUT2D eigenvalue weighted by atomic mass is 32.2. The average Bonchev–Trinajstić information content (AvgIpc) is 2.95. The van der Waals surface area contributed by atoms with Crippen LogP contribution in [-0.2, 0) is 21.2 Å². The molecule has 5 aromatic rings. The Balaban J connectivity index is 1.46. The summed E-state index contributed by atoms with van der Waals surface area (Å²) in [5.74, 6) is -0.351. The summed E-state index contributed by atoms with van der Waals surface area (Å²) in [5.41, 5.74) is 1.48. The highest BCUT2D eigenvalue weighted by Gasteiger charge is 2.34. The number of carbonyl (C=O) groups excluding carboxylic acids is 1. The second-order valence-electron chi connectivity index (χ2n) is 8.61. The van der Waals surface area contributed by atoms with Crippen LogP contribution >= 0.6 is 0 Å². The summed E-state index contributed by atoms with van der Waals surface area (Å²) >= 11 is 0. The molecule has 0 aromatic heterocycles. The van der Waals surface area contributed by atoms with Crippen molar-refractivity contribution in [3.63, 3.8) is 0 Å². The normalized spacial score (nSPS) is 11.3. The molecular weight excluding hydrogens is 460 g/mol. The topological polar surface area (TPSA) is 26.3 Å². The first kappa shape index (κ1) is 23.7. The van der Waals surface area contributed by atoms with E-state index in [2.05, 4.69) is 48.5 Å². The highest BCUT2D eigenvalue weighted by molar-refractivity contribution is 7.97. The van der Waals surface area contributed by atoms with Gasteiger partial charge in [0.05, 0.1) is 16.5 Å². The molecule has 0 amide bonds. The Morgan fingerprint density at radius 1 is 0.528 bits per heavy atom. The Bertz CT molecular complexity index is 1320. The van der Waals surface area contributed by atoms with Gasteiger partial charge in [-0.25, -0.2) is 4.79 Å². The number of esters is 1. The summed E-state index contributed by atoms with van der Waals surface area (Å²) in [6.45, 7) is 1.95. The van der Waals surface area contributed by atoms with Crippen LogP contribution in [0.4, 0.5) is 0 Å². The molecule has 0 aliphatic rings. The van der Waals surface area contributed by atoms with E-state index in [-0.39, 0.29) is 16.9 Å². The Kier molecular flexibility index (Phi) is 7.01. The van der Waals surface area contributed by atoms with E-state index in [9.17, 15) is 4.79 Å². The lowest BCUT2D eigenvalue weighted by Crippen LogP contribution is -2.30. The minimum absolute atomic E-state index is 0.267. The molecule has 5 aromatic carbocycles. The van der Waals surface area contributed by atoms with E-state index in [0.29, 0.717) is 5.56 Å². The molecule has 0 fully saturated rings. The summed E-state index contributed by atoms with van der Waals surface area (Å²) in [4.78, 5) is 17.0. The zero-order chi connectivity index (χ0) is 24.8. The molecule has 0 aliphatic heterocycles. The van der Waals surface area contributed by atoms with Crippen molar-refractivity contribution in [3.05, 3.63) is 162 Å². The number of ether oxygens (including phenoxy) is 1. The highest BCUT2D eigenvalue weighted by Crippen LogP contribution is 2.35. The molecule has 3 heteroatoms. The number of hydrogen-bond donors (Lipinski definition) is 0. The van der Waals surface area contributed by atoms with Crippen molar-refractivity contribution in [2.75, 3.05) is 0 Å². The van der Waals surface area contributed by atoms with Crippen LogP contribution in [0.5, 0.6) is 0 Å². The van der Waals surface area contributed by atoms with E-state index >= 15 is 0 Å². The van der Waals surface area contributed by atoms with Crippen molar-refractivity contribution >= 4 is 16.9 Å². The first-order chi connectivity index (χ1) is 17.6. The second-order valence-corrected chi connectivity index (χ2v) is 10.6. The van der Waals surface area contributed by atoms with Crippen LogP contribution < -0.4 is 0 Å². The monoisotopic (exact) mass is 487 g/mol. The van der Waals surface area contributed by atoms with E-state index in [4.69, 9.17) is 4.74 Å². The molecule has 0 saturated heterocycles. The summed E-state index contributed by atoms with van der Waals surface area (Å²) < 4.78 is 6.23. The molecule has 5 rings (SSSR count). The van der Waals surface area contributed by atoms with Crippen molar-refractivity contribution < 1.29 is 9.53 Å². The maximum absolute atomic E-state index is 13.4. The molecule has 0 atom stereocenters. The van der Waals surface area contributed by atoms with E-state index in [0.717, 1.165) is 16.0 Å². The van der Waals surface area contributed by atoms with Crippen LogP contribution in [0.15, 0.2) is 160 Å². The smallest absolute Gasteiger partial charge is 0.339 e. The van der Waals surface area contributed by atoms with Crippen molar-refractivity contribution in [1.29, 1.82) is 0 Å². The van der Waals surface area contributed by atoms with Gasteiger partial charge >= 0.3 is 5.97 Å². The predicted octanol–water partition coefficient (Wildman–Crippen LogP) is 7.90. The molecule has 0 unspecified atom stereocenters. The Morgan fingerprint density at radius 2 is 0.889 bits per heavy atom. The van der Waals surface area contributed by atoms with Crippen LogP contribution in [0.25, 0.3) is 0 Å². The van der Waals surface area contributed by atoms with E-state index in [1.54, 1.807) is 0 Å². The average molecular weight is 488 g/mol. The lowest BCUT2D eigenvalue weighted by Gasteiger charge is -2.31. The molecule has 0 radical (unpaired) electrons. The van der Waals surface area contributed by atoms with Gasteiger partial charge in [-0.3, -0.25) is 0 Å². The van der Waals surface area contributed by atoms with Gasteiger partial charge in [0.15, 0.2) is 20.3 Å². The van der Waals surface area contributed by atoms with Gasteiger partial charge in [-0.1, -0.05) is 97.1 Å². The Hall–Kier alpha value is -4.08. The zero-order valence-electron chi connectivity index (χ0n) is 20.1. The summed E-state index contributed by atoms with van der Waals surface area (Å²) in [7, 11) is -0.267. The predicted molar refractivity (Wildman–Crippen MR) is 146 cm³/mol. The van der Waals surface area contributed by atoms with Gasteiger partial charge < -0.3 is 4.74 Å². The molecule has 0 N–H and O–H groups in total. The molecule has 176 valence electrons. The molecule has 0 aliphatic carbocycles. The molecule has 0 spiro atoms. The van der Waals surface area contributed by atoms with Crippen molar-refractivity contribution in [2.24, 2.45) is 0 Å². The molecule has 0 saturated carbocycles. The largest absolute Gasteiger partial charge is 0.446 e. The Morgan fingerprint density at radius 3 is 1.31 bits per heavy atom. The zero-order valence-corrected chi connectivity index (χ0v) is 20.9. The van der Waals surface area contributed by atoms with Gasteiger partial charge in [0.2, 0.25) is 0 Å². The maximum atomic E-state index is 13.4. The third-order valence-electron chi connectivity index (χ3n) is 6.23. The van der Waals surface area contributed by atoms with E-state index in [1.165, 1.54) is 9.79 Å². The summed E-state index contributed by atoms with van der Waals surface area (Å²) in [5, 5.41) is 0. The van der Waals surface area contributed by atoms with Crippen LogP contribution in [-0.4, -0.2) is 5.97 Å². The standard InChI is InChI=1S/C33H27O2S/c1-33(27-14-6-2-7-15-27,28-16-8-3-9-17-28)35-32(34)26-22-24-31(25-23-26)36(29-18-10-4-11-19-29)30-20-12-5-13-21-30/h2-25H,1H3/q+1. The van der Waals surface area contributed by atoms with E-state index < -0.39 is 5.60 Å². The van der Waals surface area contributed by atoms with Gasteiger partial charge in [0.25, 0.3) is 0 Å². The van der Waals surface area contributed by atoms with Crippen LogP contribution in [0.1, 0.15) is 28.4 Å². The minimum Gasteiger partial charge on any atom is -0.446 e. The quantitative estimate of drug-likeness (QED) is 0.172. The maximum Gasteiger partial charge on any atom is 0.339 e. The Labute approximate surface area is 215 Å². The summed E-state index contributed by atoms with van der Waals surface area (Å²) in [6, 6.07) is 48.6. The SMILES string of the molecule is CC(OC(=O)c1ccc([S+](c2ccccc2)c2ccccc2)cc1)(c1ccccc1)c1ccccc1. The number of hydrogen-bond acceptors (Lipinski definition) is 2. The molecule has 36 heavy (non-hydrogen) atoms.